The average molecular weight is 489 g/mol. The predicted molar refractivity (Wildman–Crippen MR) is 130 cm³/mol. The number of hydrogen-bond acceptors (Lipinski definition) is 6. The van der Waals surface area contributed by atoms with E-state index in [0.29, 0.717) is 26.1 Å². The molecule has 4 aliphatic heterocycles. The molecule has 0 aromatic carbocycles. The van der Waals surface area contributed by atoms with Gasteiger partial charge in [-0.25, -0.2) is 0 Å². The molecular weight excluding hydrogens is 448 g/mol. The first-order valence-electron chi connectivity index (χ1n) is 13.2. The van der Waals surface area contributed by atoms with Crippen molar-refractivity contribution in [3.63, 3.8) is 0 Å². The van der Waals surface area contributed by atoms with E-state index in [-0.39, 0.29) is 24.5 Å². The maximum absolute atomic E-state index is 14.1. The molecule has 2 saturated heterocycles. The lowest BCUT2D eigenvalue weighted by molar-refractivity contribution is -0.160. The largest absolute Gasteiger partial charge is 0.465 e. The number of esters is 1. The summed E-state index contributed by atoms with van der Waals surface area (Å²) in [6.07, 6.45) is 13.4. The molecule has 0 radical (unpaired) electrons. The number of likely N-dealkylation sites (tertiary alicyclic amines) is 1. The van der Waals surface area contributed by atoms with E-state index >= 15 is 0 Å². The van der Waals surface area contributed by atoms with Crippen molar-refractivity contribution < 1.29 is 29.0 Å². The Bertz CT molecular complexity index is 885. The molecule has 0 saturated carbocycles. The molecule has 1 spiro atoms. The summed E-state index contributed by atoms with van der Waals surface area (Å²) in [5, 5.41) is 9.08. The minimum Gasteiger partial charge on any atom is -0.465 e. The third-order valence-electron chi connectivity index (χ3n) is 7.96. The molecule has 0 aromatic heterocycles. The van der Waals surface area contributed by atoms with Crippen LogP contribution in [0.4, 0.5) is 0 Å². The number of allylic oxidation sites excluding steroid dienone is 1. The van der Waals surface area contributed by atoms with E-state index in [1.807, 2.05) is 45.1 Å². The third kappa shape index (κ3) is 4.55. The summed E-state index contributed by atoms with van der Waals surface area (Å²) in [5.41, 5.74) is -2.27. The number of aliphatic hydroxyl groups is 1. The van der Waals surface area contributed by atoms with Crippen LogP contribution in [-0.2, 0) is 23.9 Å². The van der Waals surface area contributed by atoms with Crippen molar-refractivity contribution in [2.45, 2.75) is 89.0 Å². The first-order chi connectivity index (χ1) is 16.8. The molecule has 1 N–H and O–H groups in total. The molecule has 194 valence electrons. The molecule has 4 rings (SSSR count). The fourth-order valence-electron chi connectivity index (χ4n) is 6.27. The van der Waals surface area contributed by atoms with Crippen LogP contribution in [-0.4, -0.2) is 82.3 Å². The number of carbonyl (C=O) groups excluding carboxylic acids is 3. The van der Waals surface area contributed by atoms with Gasteiger partial charge in [0.2, 0.25) is 11.8 Å². The van der Waals surface area contributed by atoms with Gasteiger partial charge in [-0.2, -0.15) is 0 Å². The summed E-state index contributed by atoms with van der Waals surface area (Å²) < 4.78 is 12.4. The number of hydrogen-bond donors (Lipinski definition) is 1. The minimum absolute atomic E-state index is 0.0367. The third-order valence-corrected chi connectivity index (χ3v) is 7.96. The molecule has 0 bridgehead atoms. The molecular formula is C27H40N2O6. The Labute approximate surface area is 208 Å². The van der Waals surface area contributed by atoms with Crippen molar-refractivity contribution >= 4 is 17.8 Å². The molecule has 0 aliphatic carbocycles. The van der Waals surface area contributed by atoms with Gasteiger partial charge in [0, 0.05) is 25.7 Å². The molecule has 2 amide bonds. The quantitative estimate of drug-likeness (QED) is 0.336. The number of fused-ring (bicyclic) bond motifs is 2. The molecule has 1 unspecified atom stereocenters. The van der Waals surface area contributed by atoms with Crippen LogP contribution in [0.3, 0.4) is 0 Å². The summed E-state index contributed by atoms with van der Waals surface area (Å²) in [4.78, 5) is 44.9. The van der Waals surface area contributed by atoms with Crippen LogP contribution in [0.25, 0.3) is 0 Å². The van der Waals surface area contributed by atoms with Crippen LogP contribution in [0.5, 0.6) is 0 Å². The van der Waals surface area contributed by atoms with Crippen LogP contribution in [0.2, 0.25) is 0 Å². The fraction of sp³-hybridized carbons (Fsp3) is 0.741. The molecule has 8 nitrogen and oxygen atoms in total. The van der Waals surface area contributed by atoms with Gasteiger partial charge in [0.15, 0.2) is 0 Å². The summed E-state index contributed by atoms with van der Waals surface area (Å²) in [7, 11) is 0. The number of unbranched alkanes of at least 4 members (excludes halogenated alkanes) is 3. The monoisotopic (exact) mass is 488 g/mol. The lowest BCUT2D eigenvalue weighted by Crippen LogP contribution is -2.57. The van der Waals surface area contributed by atoms with Gasteiger partial charge in [-0.3, -0.25) is 14.4 Å². The van der Waals surface area contributed by atoms with Gasteiger partial charge in [-0.05, 0) is 52.9 Å². The van der Waals surface area contributed by atoms with Gasteiger partial charge in [-0.15, -0.1) is 0 Å². The number of amides is 2. The zero-order valence-corrected chi connectivity index (χ0v) is 21.3. The number of ether oxygens (including phenoxy) is 2. The Morgan fingerprint density at radius 2 is 1.80 bits per heavy atom. The molecule has 2 fully saturated rings. The number of cyclic esters (lactones) is 1. The van der Waals surface area contributed by atoms with Crippen molar-refractivity contribution in [2.24, 2.45) is 11.8 Å². The highest BCUT2D eigenvalue weighted by atomic mass is 16.6. The summed E-state index contributed by atoms with van der Waals surface area (Å²) >= 11 is 0. The van der Waals surface area contributed by atoms with Gasteiger partial charge in [0.05, 0.1) is 18.1 Å². The van der Waals surface area contributed by atoms with Crippen LogP contribution < -0.4 is 0 Å². The Morgan fingerprint density at radius 1 is 1.03 bits per heavy atom. The van der Waals surface area contributed by atoms with Gasteiger partial charge in [0.25, 0.3) is 0 Å². The van der Waals surface area contributed by atoms with Crippen molar-refractivity contribution in [3.05, 3.63) is 24.3 Å². The summed E-state index contributed by atoms with van der Waals surface area (Å²) in [6.45, 7) is 7.09. The standard InChI is InChI=1S/C27H40N2O6/c1-19(2)28-16-12-14-27-20(21-25(33)34-18-11-7-4-8-13-26(21,3)35-27)23(31)29(22(27)24(28)32)15-9-5-6-10-17-30/h8,12-14,19-22,30H,4-7,9-11,15-18H2,1-3H3/b13-8-/t20-,21-,22?,26+,27-/m0/s1. The lowest BCUT2D eigenvalue weighted by atomic mass is 9.74. The molecule has 4 heterocycles. The Hall–Kier alpha value is -2.19. The van der Waals surface area contributed by atoms with Crippen LogP contribution >= 0.6 is 0 Å². The Kier molecular flexibility index (Phi) is 7.71. The number of rotatable bonds is 7. The maximum Gasteiger partial charge on any atom is 0.313 e. The highest BCUT2D eigenvalue weighted by molar-refractivity contribution is 5.99. The predicted octanol–water partition coefficient (Wildman–Crippen LogP) is 2.60. The summed E-state index contributed by atoms with van der Waals surface area (Å²) in [5.74, 6) is -2.42. The Morgan fingerprint density at radius 3 is 2.54 bits per heavy atom. The van der Waals surface area contributed by atoms with Crippen LogP contribution in [0.15, 0.2) is 24.3 Å². The first-order valence-corrected chi connectivity index (χ1v) is 13.2. The van der Waals surface area contributed by atoms with Gasteiger partial charge in [0.1, 0.15) is 17.6 Å². The normalized spacial score (nSPS) is 36.0. The molecule has 8 heteroatoms. The number of carbonyl (C=O) groups is 3. The molecule has 4 aliphatic rings. The minimum atomic E-state index is -1.22. The molecule has 0 aromatic rings. The van der Waals surface area contributed by atoms with E-state index in [0.717, 1.165) is 38.5 Å². The van der Waals surface area contributed by atoms with E-state index in [1.54, 1.807) is 9.80 Å². The Balaban J connectivity index is 1.76. The van der Waals surface area contributed by atoms with E-state index < -0.39 is 35.0 Å². The van der Waals surface area contributed by atoms with Crippen LogP contribution in [0.1, 0.15) is 65.7 Å². The second-order valence-electron chi connectivity index (χ2n) is 10.7. The maximum atomic E-state index is 14.1. The first kappa shape index (κ1) is 25.9. The zero-order valence-electron chi connectivity index (χ0n) is 21.3. The van der Waals surface area contributed by atoms with E-state index in [4.69, 9.17) is 14.6 Å². The smallest absolute Gasteiger partial charge is 0.313 e. The molecule has 35 heavy (non-hydrogen) atoms. The highest BCUT2D eigenvalue weighted by Gasteiger charge is 2.74. The number of nitrogens with zero attached hydrogens (tertiary/aromatic N) is 2. The number of aliphatic hydroxyl groups excluding tert-OH is 1. The van der Waals surface area contributed by atoms with E-state index in [2.05, 4.69) is 0 Å². The SMILES string of the molecule is CC(C)N1CC=C[C@]23O[C@]4(C)/C=C\CCCCOC(=O)[C@@H]4[C@H]2C(=O)N(CCCCCCO)C3C1=O. The van der Waals surface area contributed by atoms with Crippen LogP contribution in [0, 0.1) is 11.8 Å². The topological polar surface area (TPSA) is 96.4 Å². The second-order valence-corrected chi connectivity index (χ2v) is 10.7. The van der Waals surface area contributed by atoms with Crippen molar-refractivity contribution in [1.29, 1.82) is 0 Å². The molecule has 5 atom stereocenters. The second kappa shape index (κ2) is 10.4. The van der Waals surface area contributed by atoms with E-state index in [1.165, 1.54) is 0 Å². The van der Waals surface area contributed by atoms with Gasteiger partial charge >= 0.3 is 5.97 Å². The van der Waals surface area contributed by atoms with E-state index in [9.17, 15) is 14.4 Å². The fourth-order valence-corrected chi connectivity index (χ4v) is 6.27. The van der Waals surface area contributed by atoms with Crippen molar-refractivity contribution in [2.75, 3.05) is 26.3 Å². The van der Waals surface area contributed by atoms with Gasteiger partial charge < -0.3 is 24.4 Å². The average Bonchev–Trinajstić information content (AvgIpc) is 3.13. The zero-order chi connectivity index (χ0) is 25.2. The highest BCUT2D eigenvalue weighted by Crippen LogP contribution is 2.57. The van der Waals surface area contributed by atoms with Gasteiger partial charge in [-0.1, -0.05) is 37.1 Å². The summed E-state index contributed by atoms with van der Waals surface area (Å²) in [6, 6.07) is -0.861. The lowest BCUT2D eigenvalue weighted by Gasteiger charge is -2.38. The van der Waals surface area contributed by atoms with Crippen molar-refractivity contribution in [1.82, 2.24) is 9.80 Å². The van der Waals surface area contributed by atoms with Crippen molar-refractivity contribution in [3.8, 4) is 0 Å².